The minimum absolute atomic E-state index is 0.285. The van der Waals surface area contributed by atoms with Gasteiger partial charge in [-0.05, 0) is 18.2 Å². The van der Waals surface area contributed by atoms with Crippen LogP contribution in [0.15, 0.2) is 27.6 Å². The van der Waals surface area contributed by atoms with Gasteiger partial charge in [-0.15, -0.1) is 0 Å². The summed E-state index contributed by atoms with van der Waals surface area (Å²) in [4.78, 5) is -0.285. The highest BCUT2D eigenvalue weighted by atomic mass is 79.9. The highest BCUT2D eigenvalue weighted by Crippen LogP contribution is 2.28. The van der Waals surface area contributed by atoms with E-state index >= 15 is 0 Å². The van der Waals surface area contributed by atoms with Crippen molar-refractivity contribution in [1.29, 1.82) is 0 Å². The minimum Gasteiger partial charge on any atom is -0.506 e. The average Bonchev–Trinajstić information content (AvgIpc) is 1.83. The second kappa shape index (κ2) is 3.24. The molecule has 0 amide bonds. The summed E-state index contributed by atoms with van der Waals surface area (Å²) in [5, 5.41) is 9.13. The molecule has 0 bridgehead atoms. The van der Waals surface area contributed by atoms with Crippen molar-refractivity contribution in [3.63, 3.8) is 0 Å². The summed E-state index contributed by atoms with van der Waals surface area (Å²) in [7, 11) is 1.16. The molecule has 0 radical (unpaired) electrons. The van der Waals surface area contributed by atoms with Crippen molar-refractivity contribution < 1.29 is 13.5 Å². The monoisotopic (exact) mass is 270 g/mol. The standard InChI is InChI=1S/C6H4BrClO3S/c7-4-1-2-6(5(9)3-4)12(8,10)11/h1-3,9H. The molecule has 0 unspecified atom stereocenters. The van der Waals surface area contributed by atoms with E-state index in [9.17, 15) is 8.42 Å². The molecule has 0 saturated heterocycles. The number of rotatable bonds is 1. The lowest BCUT2D eigenvalue weighted by atomic mass is 10.3. The zero-order chi connectivity index (χ0) is 9.35. The summed E-state index contributed by atoms with van der Waals surface area (Å²) in [6.07, 6.45) is 0. The van der Waals surface area contributed by atoms with Gasteiger partial charge in [0.05, 0.1) is 0 Å². The lowest BCUT2D eigenvalue weighted by Gasteiger charge is -1.99. The van der Waals surface area contributed by atoms with Gasteiger partial charge < -0.3 is 5.11 Å². The smallest absolute Gasteiger partial charge is 0.264 e. The average molecular weight is 272 g/mol. The van der Waals surface area contributed by atoms with Gasteiger partial charge in [-0.2, -0.15) is 0 Å². The first-order valence-electron chi connectivity index (χ1n) is 2.84. The molecule has 0 aliphatic carbocycles. The fraction of sp³-hybridized carbons (Fsp3) is 0. The molecular weight excluding hydrogens is 267 g/mol. The number of hydrogen-bond acceptors (Lipinski definition) is 3. The van der Waals surface area contributed by atoms with Crippen molar-refractivity contribution in [1.82, 2.24) is 0 Å². The van der Waals surface area contributed by atoms with E-state index in [4.69, 9.17) is 15.8 Å². The Morgan fingerprint density at radius 1 is 1.42 bits per heavy atom. The van der Waals surface area contributed by atoms with Crippen LogP contribution in [-0.4, -0.2) is 13.5 Å². The van der Waals surface area contributed by atoms with E-state index < -0.39 is 9.05 Å². The molecule has 1 N–H and O–H groups in total. The third-order valence-electron chi connectivity index (χ3n) is 1.18. The molecule has 0 aliphatic rings. The topological polar surface area (TPSA) is 54.4 Å². The first-order chi connectivity index (χ1) is 5.41. The van der Waals surface area contributed by atoms with Gasteiger partial charge in [0.2, 0.25) is 0 Å². The normalized spacial score (nSPS) is 11.5. The SMILES string of the molecule is O=S(=O)(Cl)c1ccc(Br)cc1O. The Kier molecular flexibility index (Phi) is 2.65. The lowest BCUT2D eigenvalue weighted by Crippen LogP contribution is -1.90. The third-order valence-corrected chi connectivity index (χ3v) is 3.05. The largest absolute Gasteiger partial charge is 0.506 e. The number of aromatic hydroxyl groups is 1. The van der Waals surface area contributed by atoms with Crippen molar-refractivity contribution >= 4 is 35.7 Å². The van der Waals surface area contributed by atoms with Crippen LogP contribution in [0.2, 0.25) is 0 Å². The van der Waals surface area contributed by atoms with Crippen molar-refractivity contribution in [2.75, 3.05) is 0 Å². The van der Waals surface area contributed by atoms with E-state index in [-0.39, 0.29) is 10.6 Å². The summed E-state index contributed by atoms with van der Waals surface area (Å²) >= 11 is 3.07. The van der Waals surface area contributed by atoms with Crippen molar-refractivity contribution in [2.45, 2.75) is 4.90 Å². The maximum absolute atomic E-state index is 10.8. The molecule has 12 heavy (non-hydrogen) atoms. The fourth-order valence-electron chi connectivity index (χ4n) is 0.697. The maximum Gasteiger partial charge on any atom is 0.264 e. The van der Waals surface area contributed by atoms with Crippen LogP contribution < -0.4 is 0 Å². The Morgan fingerprint density at radius 3 is 2.42 bits per heavy atom. The van der Waals surface area contributed by atoms with Crippen molar-refractivity contribution in [3.8, 4) is 5.75 Å². The molecule has 0 aliphatic heterocycles. The van der Waals surface area contributed by atoms with Gasteiger partial charge in [-0.1, -0.05) is 15.9 Å². The molecule has 0 heterocycles. The molecule has 0 fully saturated rings. The van der Waals surface area contributed by atoms with E-state index in [1.807, 2.05) is 0 Å². The number of halogens is 2. The summed E-state index contributed by atoms with van der Waals surface area (Å²) in [6, 6.07) is 3.96. The van der Waals surface area contributed by atoms with Gasteiger partial charge in [0.15, 0.2) is 0 Å². The van der Waals surface area contributed by atoms with Crippen LogP contribution in [0.3, 0.4) is 0 Å². The van der Waals surface area contributed by atoms with Gasteiger partial charge in [0.1, 0.15) is 10.6 Å². The number of hydrogen-bond donors (Lipinski definition) is 1. The predicted molar refractivity (Wildman–Crippen MR) is 48.8 cm³/mol. The van der Waals surface area contributed by atoms with E-state index in [0.717, 1.165) is 0 Å². The Balaban J connectivity index is 3.39. The van der Waals surface area contributed by atoms with Crippen LogP contribution >= 0.6 is 26.6 Å². The summed E-state index contributed by atoms with van der Waals surface area (Å²) in [5.41, 5.74) is 0. The number of phenols is 1. The molecule has 3 nitrogen and oxygen atoms in total. The molecular formula is C6H4BrClO3S. The Labute approximate surface area is 82.5 Å². The molecule has 1 aromatic carbocycles. The highest BCUT2D eigenvalue weighted by molar-refractivity contribution is 9.10. The quantitative estimate of drug-likeness (QED) is 0.796. The molecule has 0 aromatic heterocycles. The van der Waals surface area contributed by atoms with Crippen LogP contribution in [0.25, 0.3) is 0 Å². The van der Waals surface area contributed by atoms with Crippen LogP contribution in [0, 0.1) is 0 Å². The Hall–Kier alpha value is -0.260. The van der Waals surface area contributed by atoms with E-state index in [1.54, 1.807) is 0 Å². The minimum atomic E-state index is -3.85. The third kappa shape index (κ3) is 2.12. The Morgan fingerprint density at radius 2 is 2.00 bits per heavy atom. The molecule has 1 aromatic rings. The first-order valence-corrected chi connectivity index (χ1v) is 5.94. The molecule has 0 spiro atoms. The summed E-state index contributed by atoms with van der Waals surface area (Å²) in [5.74, 6) is -0.362. The Bertz CT molecular complexity index is 401. The van der Waals surface area contributed by atoms with E-state index in [2.05, 4.69) is 15.9 Å². The maximum atomic E-state index is 10.8. The molecule has 0 atom stereocenters. The van der Waals surface area contributed by atoms with Gasteiger partial charge in [-0.25, -0.2) is 8.42 Å². The molecule has 66 valence electrons. The zero-order valence-electron chi connectivity index (χ0n) is 5.66. The molecule has 0 saturated carbocycles. The summed E-state index contributed by atoms with van der Waals surface area (Å²) in [6.45, 7) is 0. The van der Waals surface area contributed by atoms with Crippen LogP contribution in [-0.2, 0) is 9.05 Å². The number of phenolic OH excluding ortho intramolecular Hbond substituents is 1. The van der Waals surface area contributed by atoms with Gasteiger partial charge in [-0.3, -0.25) is 0 Å². The first kappa shape index (κ1) is 9.83. The predicted octanol–water partition coefficient (Wildman–Crippen LogP) is 2.08. The van der Waals surface area contributed by atoms with Crippen molar-refractivity contribution in [2.24, 2.45) is 0 Å². The molecule has 6 heteroatoms. The van der Waals surface area contributed by atoms with Crippen molar-refractivity contribution in [3.05, 3.63) is 22.7 Å². The zero-order valence-corrected chi connectivity index (χ0v) is 8.82. The van der Waals surface area contributed by atoms with Crippen LogP contribution in [0.1, 0.15) is 0 Å². The summed E-state index contributed by atoms with van der Waals surface area (Å²) < 4.78 is 22.1. The van der Waals surface area contributed by atoms with Gasteiger partial charge in [0, 0.05) is 15.2 Å². The second-order valence-electron chi connectivity index (χ2n) is 2.05. The van der Waals surface area contributed by atoms with Gasteiger partial charge in [0.25, 0.3) is 9.05 Å². The van der Waals surface area contributed by atoms with E-state index in [0.29, 0.717) is 4.47 Å². The van der Waals surface area contributed by atoms with Crippen LogP contribution in [0.4, 0.5) is 0 Å². The highest BCUT2D eigenvalue weighted by Gasteiger charge is 2.14. The fourth-order valence-corrected chi connectivity index (χ4v) is 1.98. The number of benzene rings is 1. The molecule has 1 rings (SSSR count). The second-order valence-corrected chi connectivity index (χ2v) is 5.50. The van der Waals surface area contributed by atoms with E-state index in [1.165, 1.54) is 18.2 Å². The van der Waals surface area contributed by atoms with Gasteiger partial charge >= 0.3 is 0 Å². The lowest BCUT2D eigenvalue weighted by molar-refractivity contribution is 0.459. The van der Waals surface area contributed by atoms with Crippen LogP contribution in [0.5, 0.6) is 5.75 Å².